The Morgan fingerprint density at radius 2 is 1.19 bits per heavy atom. The van der Waals surface area contributed by atoms with Crippen molar-refractivity contribution in [1.82, 2.24) is 40.4 Å². The lowest BCUT2D eigenvalue weighted by atomic mass is 10.0. The molecule has 18 heteroatoms. The minimum absolute atomic E-state index is 0.00329. The molecule has 68 heavy (non-hydrogen) atoms. The van der Waals surface area contributed by atoms with Crippen molar-refractivity contribution in [2.75, 3.05) is 45.6 Å². The lowest BCUT2D eigenvalue weighted by Crippen LogP contribution is -2.51. The van der Waals surface area contributed by atoms with Crippen LogP contribution in [0.3, 0.4) is 0 Å². The van der Waals surface area contributed by atoms with Gasteiger partial charge in [-0.15, -0.1) is 0 Å². The van der Waals surface area contributed by atoms with E-state index < -0.39 is 24.3 Å². The van der Waals surface area contributed by atoms with E-state index in [2.05, 4.69) is 74.0 Å². The Morgan fingerprint density at radius 1 is 0.691 bits per heavy atom. The highest BCUT2D eigenvalue weighted by Crippen LogP contribution is 2.48. The lowest BCUT2D eigenvalue weighted by molar-refractivity contribution is -0.136. The Labute approximate surface area is 395 Å². The summed E-state index contributed by atoms with van der Waals surface area (Å²) >= 11 is 0. The summed E-state index contributed by atoms with van der Waals surface area (Å²) in [6, 6.07) is 18.9. The zero-order valence-corrected chi connectivity index (χ0v) is 39.5. The van der Waals surface area contributed by atoms with E-state index in [1.165, 1.54) is 14.2 Å². The molecule has 360 valence electrons. The maximum atomic E-state index is 13.9. The van der Waals surface area contributed by atoms with Gasteiger partial charge in [0.05, 0.1) is 60.5 Å². The number of carbonyl (C=O) groups excluding carboxylic acids is 4. The molecule has 0 aliphatic carbocycles. The molecule has 6 heterocycles. The number of aromatic nitrogens is 4. The fourth-order valence-corrected chi connectivity index (χ4v) is 10.3. The standard InChI is InChI=1S/C50H61N9O9/c1-28(2)43(55-49(62)64-5)47(60)57-21-7-9-41(57)45-51-35-17-11-30(23-37(35)53-45)39-19-20-40(59(39)32-13-15-33(16-14-32)67-26-34-25-66-27-68-34)31-12-18-36-38(24-31)54-46(52-36)42-10-8-22-58(42)48(61)44(29(3)4)56-50(63)65-6/h11-18,23-25,28-29,39-44H,7-10,19-22,26-27H2,1-6H3,(H,51,53)(H,52,54)(H,55,62)(H,56,63)/t39-,40-,41+,42+,43+,44+/m1/s1. The molecule has 0 radical (unpaired) electrons. The van der Waals surface area contributed by atoms with E-state index in [0.717, 1.165) is 89.1 Å². The topological polar surface area (TPSA) is 206 Å². The maximum absolute atomic E-state index is 13.9. The summed E-state index contributed by atoms with van der Waals surface area (Å²) in [5.74, 6) is 2.21. The highest BCUT2D eigenvalue weighted by Gasteiger charge is 2.40. The van der Waals surface area contributed by atoms with Gasteiger partial charge in [-0.1, -0.05) is 39.8 Å². The number of methoxy groups -OCH3 is 2. The summed E-state index contributed by atoms with van der Waals surface area (Å²) in [5, 5.41) is 5.47. The molecule has 0 saturated carbocycles. The van der Waals surface area contributed by atoms with Crippen LogP contribution in [-0.2, 0) is 28.5 Å². The van der Waals surface area contributed by atoms with E-state index >= 15 is 0 Å². The Kier molecular flexibility index (Phi) is 13.4. The normalized spacial score (nSPS) is 21.2. The quantitative estimate of drug-likeness (QED) is 0.0841. The van der Waals surface area contributed by atoms with Gasteiger partial charge in [-0.05, 0) is 110 Å². The third kappa shape index (κ3) is 9.32. The second kappa shape index (κ2) is 19.7. The number of nitrogens with one attached hydrogen (secondary N) is 4. The lowest BCUT2D eigenvalue weighted by Gasteiger charge is -2.33. The molecule has 4 N–H and O–H groups in total. The maximum Gasteiger partial charge on any atom is 0.407 e. The fraction of sp³-hybridized carbons (Fsp3) is 0.480. The number of nitrogens with zero attached hydrogens (tertiary/aromatic N) is 5. The molecule has 9 rings (SSSR count). The van der Waals surface area contributed by atoms with Crippen molar-refractivity contribution < 1.29 is 42.9 Å². The van der Waals surface area contributed by atoms with Crippen molar-refractivity contribution in [1.29, 1.82) is 0 Å². The predicted octanol–water partition coefficient (Wildman–Crippen LogP) is 7.83. The van der Waals surface area contributed by atoms with Crippen molar-refractivity contribution in [2.24, 2.45) is 11.8 Å². The summed E-state index contributed by atoms with van der Waals surface area (Å²) in [6.07, 6.45) is 5.20. The van der Waals surface area contributed by atoms with E-state index in [9.17, 15) is 19.2 Å². The number of carbonyl (C=O) groups is 4. The van der Waals surface area contributed by atoms with Crippen LogP contribution in [0.4, 0.5) is 15.3 Å². The van der Waals surface area contributed by atoms with Gasteiger partial charge in [0, 0.05) is 18.8 Å². The molecule has 6 atom stereocenters. The molecule has 2 aromatic heterocycles. The van der Waals surface area contributed by atoms with E-state index in [1.54, 1.807) is 6.26 Å². The molecular weight excluding hydrogens is 871 g/mol. The van der Waals surface area contributed by atoms with Crippen LogP contribution < -0.4 is 20.3 Å². The number of amides is 4. The number of ether oxygens (including phenoxy) is 5. The van der Waals surface area contributed by atoms with Gasteiger partial charge in [0.25, 0.3) is 0 Å². The van der Waals surface area contributed by atoms with E-state index in [4.69, 9.17) is 33.7 Å². The second-order valence-electron chi connectivity index (χ2n) is 18.7. The molecule has 4 aliphatic rings. The van der Waals surface area contributed by atoms with Crippen LogP contribution in [-0.4, -0.2) is 107 Å². The molecule has 0 unspecified atom stereocenters. The van der Waals surface area contributed by atoms with Crippen molar-refractivity contribution in [3.63, 3.8) is 0 Å². The van der Waals surface area contributed by atoms with Crippen LogP contribution >= 0.6 is 0 Å². The molecule has 3 saturated heterocycles. The van der Waals surface area contributed by atoms with Gasteiger partial charge in [0.1, 0.15) is 42.4 Å². The van der Waals surface area contributed by atoms with Gasteiger partial charge < -0.3 is 59.0 Å². The van der Waals surface area contributed by atoms with Crippen LogP contribution in [0.2, 0.25) is 0 Å². The number of aromatic amines is 2. The van der Waals surface area contributed by atoms with Crippen molar-refractivity contribution in [3.05, 3.63) is 95.5 Å². The number of H-pyrrole nitrogens is 2. The highest BCUT2D eigenvalue weighted by atomic mass is 16.7. The Morgan fingerprint density at radius 3 is 1.63 bits per heavy atom. The monoisotopic (exact) mass is 931 g/mol. The van der Waals surface area contributed by atoms with E-state index in [-0.39, 0.29) is 61.2 Å². The van der Waals surface area contributed by atoms with Gasteiger partial charge in [0.15, 0.2) is 5.76 Å². The van der Waals surface area contributed by atoms with Crippen molar-refractivity contribution in [2.45, 2.75) is 102 Å². The average molecular weight is 932 g/mol. The number of rotatable bonds is 14. The fourth-order valence-electron chi connectivity index (χ4n) is 10.3. The first-order valence-electron chi connectivity index (χ1n) is 23.6. The minimum Gasteiger partial charge on any atom is -0.486 e. The van der Waals surface area contributed by atoms with Crippen molar-refractivity contribution in [3.8, 4) is 5.75 Å². The van der Waals surface area contributed by atoms with Crippen LogP contribution in [0, 0.1) is 11.8 Å². The Balaban J connectivity index is 0.999. The molecule has 18 nitrogen and oxygen atoms in total. The number of likely N-dealkylation sites (tertiary alicyclic amines) is 2. The first-order valence-corrected chi connectivity index (χ1v) is 23.6. The van der Waals surface area contributed by atoms with Gasteiger partial charge in [-0.2, -0.15) is 0 Å². The summed E-state index contributed by atoms with van der Waals surface area (Å²) < 4.78 is 26.3. The summed E-state index contributed by atoms with van der Waals surface area (Å²) in [7, 11) is 2.59. The van der Waals surface area contributed by atoms with Crippen LogP contribution in [0.5, 0.6) is 5.75 Å². The zero-order chi connectivity index (χ0) is 47.6. The second-order valence-corrected chi connectivity index (χ2v) is 18.7. The van der Waals surface area contributed by atoms with Crippen LogP contribution in [0.15, 0.2) is 72.7 Å². The number of benzene rings is 3. The zero-order valence-electron chi connectivity index (χ0n) is 39.5. The van der Waals surface area contributed by atoms with E-state index in [0.29, 0.717) is 24.6 Å². The summed E-state index contributed by atoms with van der Waals surface area (Å²) in [4.78, 5) is 75.5. The molecule has 4 amide bonds. The first-order chi connectivity index (χ1) is 32.9. The minimum atomic E-state index is -0.723. The molecule has 4 aliphatic heterocycles. The number of alkyl carbamates (subject to hydrolysis) is 2. The number of fused-ring (bicyclic) bond motifs is 2. The van der Waals surface area contributed by atoms with E-state index in [1.807, 2.05) is 49.6 Å². The van der Waals surface area contributed by atoms with Gasteiger partial charge in [0.2, 0.25) is 18.6 Å². The number of imidazole rings is 2. The van der Waals surface area contributed by atoms with Crippen LogP contribution in [0.1, 0.15) is 113 Å². The van der Waals surface area contributed by atoms with Gasteiger partial charge in [-0.25, -0.2) is 19.6 Å². The van der Waals surface area contributed by atoms with Gasteiger partial charge >= 0.3 is 12.2 Å². The summed E-state index contributed by atoms with van der Waals surface area (Å²) in [5.41, 5.74) is 6.67. The highest BCUT2D eigenvalue weighted by molar-refractivity contribution is 5.87. The molecular formula is C50H61N9O9. The molecule has 0 bridgehead atoms. The third-order valence-electron chi connectivity index (χ3n) is 13.7. The Hall–Kier alpha value is -6.98. The van der Waals surface area contributed by atoms with Gasteiger partial charge in [-0.3, -0.25) is 9.59 Å². The number of hydrogen-bond acceptors (Lipinski definition) is 12. The molecule has 3 fully saturated rings. The SMILES string of the molecule is COC(=O)N[C@H](C(=O)N1CCC[C@H]1c1nc2ccc([C@H]3CC[C@H](c4ccc5nc([C@@H]6CCCN6C(=O)[C@@H](NC(=O)OC)C(C)C)[nH]c5c4)N3c3ccc(OCC4=COCO4)cc3)cc2[nH]1)C(C)C. The van der Waals surface area contributed by atoms with Crippen molar-refractivity contribution >= 4 is 51.8 Å². The first kappa shape index (κ1) is 46.1. The Bertz CT molecular complexity index is 2530. The molecule has 5 aromatic rings. The molecule has 3 aromatic carbocycles. The number of anilines is 1. The average Bonchev–Trinajstić information content (AvgIpc) is 4.21. The molecule has 0 spiro atoms. The summed E-state index contributed by atoms with van der Waals surface area (Å²) in [6.45, 7) is 9.22. The largest absolute Gasteiger partial charge is 0.486 e. The predicted molar refractivity (Wildman–Crippen MR) is 252 cm³/mol. The smallest absolute Gasteiger partial charge is 0.407 e. The number of hydrogen-bond donors (Lipinski definition) is 4. The third-order valence-corrected chi connectivity index (χ3v) is 13.7. The van der Waals surface area contributed by atoms with Crippen LogP contribution in [0.25, 0.3) is 22.1 Å².